The molecule has 5 heteroatoms. The first kappa shape index (κ1) is 13.4. The van der Waals surface area contributed by atoms with Crippen LogP contribution in [-0.2, 0) is 0 Å². The van der Waals surface area contributed by atoms with Crippen molar-refractivity contribution in [1.82, 2.24) is 9.97 Å². The predicted octanol–water partition coefficient (Wildman–Crippen LogP) is 1.50. The van der Waals surface area contributed by atoms with Crippen molar-refractivity contribution in [3.8, 4) is 11.9 Å². The highest BCUT2D eigenvalue weighted by Crippen LogP contribution is 2.13. The molecule has 1 aromatic rings. The third-order valence-electron chi connectivity index (χ3n) is 1.94. The van der Waals surface area contributed by atoms with Crippen molar-refractivity contribution in [1.29, 1.82) is 0 Å². The van der Waals surface area contributed by atoms with Crippen LogP contribution in [0.15, 0.2) is 18.7 Å². The van der Waals surface area contributed by atoms with Crippen molar-refractivity contribution in [3.63, 3.8) is 0 Å². The molecule has 94 valence electrons. The van der Waals surface area contributed by atoms with E-state index in [0.29, 0.717) is 31.5 Å². The SMILES string of the molecule is C=CCOc1cc(C)nc(OCCCCO)n1. The highest BCUT2D eigenvalue weighted by atomic mass is 16.5. The van der Waals surface area contributed by atoms with Gasteiger partial charge in [-0.25, -0.2) is 4.98 Å². The molecule has 0 aliphatic rings. The molecule has 0 aliphatic carbocycles. The van der Waals surface area contributed by atoms with Crippen molar-refractivity contribution in [2.24, 2.45) is 0 Å². The summed E-state index contributed by atoms with van der Waals surface area (Å²) in [6, 6.07) is 2.05. The monoisotopic (exact) mass is 238 g/mol. The minimum Gasteiger partial charge on any atom is -0.473 e. The fraction of sp³-hybridized carbons (Fsp3) is 0.500. The summed E-state index contributed by atoms with van der Waals surface area (Å²) in [5.41, 5.74) is 0.788. The number of aliphatic hydroxyl groups excluding tert-OH is 1. The molecule has 0 amide bonds. The van der Waals surface area contributed by atoms with E-state index in [1.807, 2.05) is 6.92 Å². The minimum atomic E-state index is 0.172. The number of unbranched alkanes of at least 4 members (excludes halogenated alkanes) is 1. The summed E-state index contributed by atoms with van der Waals surface area (Å²) >= 11 is 0. The lowest BCUT2D eigenvalue weighted by atomic mass is 10.3. The van der Waals surface area contributed by atoms with Gasteiger partial charge in [0.25, 0.3) is 0 Å². The number of aliphatic hydroxyl groups is 1. The average molecular weight is 238 g/mol. The first-order valence-electron chi connectivity index (χ1n) is 5.59. The zero-order valence-electron chi connectivity index (χ0n) is 10.1. The molecule has 0 aromatic carbocycles. The number of ether oxygens (including phenoxy) is 2. The lowest BCUT2D eigenvalue weighted by Crippen LogP contribution is -2.05. The smallest absolute Gasteiger partial charge is 0.319 e. The number of nitrogens with zero attached hydrogens (tertiary/aromatic N) is 2. The van der Waals surface area contributed by atoms with Gasteiger partial charge in [-0.1, -0.05) is 12.7 Å². The molecule has 5 nitrogen and oxygen atoms in total. The highest BCUT2D eigenvalue weighted by Gasteiger charge is 2.03. The Kier molecular flexibility index (Phi) is 6.03. The molecule has 0 fully saturated rings. The second-order valence-corrected chi connectivity index (χ2v) is 3.51. The summed E-state index contributed by atoms with van der Waals surface area (Å²) in [7, 11) is 0. The van der Waals surface area contributed by atoms with Crippen LogP contribution >= 0.6 is 0 Å². The largest absolute Gasteiger partial charge is 0.473 e. The van der Waals surface area contributed by atoms with Crippen molar-refractivity contribution < 1.29 is 14.6 Å². The van der Waals surface area contributed by atoms with Crippen LogP contribution in [0.5, 0.6) is 11.9 Å². The molecule has 17 heavy (non-hydrogen) atoms. The second-order valence-electron chi connectivity index (χ2n) is 3.51. The van der Waals surface area contributed by atoms with Crippen molar-refractivity contribution in [2.75, 3.05) is 19.8 Å². The van der Waals surface area contributed by atoms with E-state index in [2.05, 4.69) is 16.5 Å². The quantitative estimate of drug-likeness (QED) is 0.549. The second kappa shape index (κ2) is 7.62. The summed E-state index contributed by atoms with van der Waals surface area (Å²) in [5.74, 6) is 0.481. The Morgan fingerprint density at radius 3 is 2.88 bits per heavy atom. The molecule has 1 aromatic heterocycles. The van der Waals surface area contributed by atoms with Gasteiger partial charge in [0.15, 0.2) is 0 Å². The average Bonchev–Trinajstić information content (AvgIpc) is 2.31. The molecular weight excluding hydrogens is 220 g/mol. The Balaban J connectivity index is 2.52. The Labute approximate surface area is 101 Å². The van der Waals surface area contributed by atoms with Gasteiger partial charge in [-0.05, 0) is 19.8 Å². The van der Waals surface area contributed by atoms with Gasteiger partial charge in [0.2, 0.25) is 5.88 Å². The van der Waals surface area contributed by atoms with Gasteiger partial charge < -0.3 is 14.6 Å². The van der Waals surface area contributed by atoms with E-state index in [1.165, 1.54) is 0 Å². The van der Waals surface area contributed by atoms with E-state index < -0.39 is 0 Å². The Bertz CT molecular complexity index is 356. The standard InChI is InChI=1S/C12H18N2O3/c1-3-7-16-11-9-10(2)13-12(14-11)17-8-5-4-6-15/h3,9,15H,1,4-8H2,2H3. The molecular formula is C12H18N2O3. The number of hydrogen-bond acceptors (Lipinski definition) is 5. The molecule has 0 unspecified atom stereocenters. The van der Waals surface area contributed by atoms with Gasteiger partial charge in [0.05, 0.1) is 6.61 Å². The van der Waals surface area contributed by atoms with Gasteiger partial charge >= 0.3 is 6.01 Å². The maximum Gasteiger partial charge on any atom is 0.319 e. The van der Waals surface area contributed by atoms with E-state index in [-0.39, 0.29) is 6.61 Å². The lowest BCUT2D eigenvalue weighted by Gasteiger charge is -2.07. The number of rotatable bonds is 8. The molecule has 1 heterocycles. The maximum atomic E-state index is 8.63. The predicted molar refractivity (Wildman–Crippen MR) is 64.3 cm³/mol. The maximum absolute atomic E-state index is 8.63. The van der Waals surface area contributed by atoms with Gasteiger partial charge in [-0.3, -0.25) is 0 Å². The van der Waals surface area contributed by atoms with Crippen LogP contribution in [0, 0.1) is 6.92 Å². The molecule has 1 N–H and O–H groups in total. The zero-order valence-corrected chi connectivity index (χ0v) is 10.1. The Morgan fingerprint density at radius 2 is 2.18 bits per heavy atom. The molecule has 0 atom stereocenters. The van der Waals surface area contributed by atoms with Crippen LogP contribution in [0.3, 0.4) is 0 Å². The molecule has 0 spiro atoms. The van der Waals surface area contributed by atoms with Crippen LogP contribution in [0.4, 0.5) is 0 Å². The fourth-order valence-corrected chi connectivity index (χ4v) is 1.17. The highest BCUT2D eigenvalue weighted by molar-refractivity contribution is 5.17. The van der Waals surface area contributed by atoms with E-state index in [9.17, 15) is 0 Å². The molecule has 0 saturated carbocycles. The van der Waals surface area contributed by atoms with E-state index >= 15 is 0 Å². The van der Waals surface area contributed by atoms with E-state index in [1.54, 1.807) is 12.1 Å². The molecule has 1 rings (SSSR count). The third kappa shape index (κ3) is 5.31. The van der Waals surface area contributed by atoms with Crippen LogP contribution in [0.25, 0.3) is 0 Å². The van der Waals surface area contributed by atoms with Gasteiger partial charge in [0, 0.05) is 18.4 Å². The lowest BCUT2D eigenvalue weighted by molar-refractivity contribution is 0.240. The summed E-state index contributed by atoms with van der Waals surface area (Å²) in [5, 5.41) is 8.63. The topological polar surface area (TPSA) is 64.5 Å². The first-order chi connectivity index (χ1) is 8.26. The Hall–Kier alpha value is -1.62. The van der Waals surface area contributed by atoms with Crippen molar-refractivity contribution >= 4 is 0 Å². The Morgan fingerprint density at radius 1 is 1.35 bits per heavy atom. The molecule has 0 saturated heterocycles. The van der Waals surface area contributed by atoms with Gasteiger partial charge in [0.1, 0.15) is 6.61 Å². The van der Waals surface area contributed by atoms with Crippen molar-refractivity contribution in [3.05, 3.63) is 24.4 Å². The van der Waals surface area contributed by atoms with E-state index in [0.717, 1.165) is 12.1 Å². The number of hydrogen-bond donors (Lipinski definition) is 1. The summed E-state index contributed by atoms with van der Waals surface area (Å²) < 4.78 is 10.7. The van der Waals surface area contributed by atoms with Gasteiger partial charge in [-0.2, -0.15) is 4.98 Å². The summed E-state index contributed by atoms with van der Waals surface area (Å²) in [6.07, 6.45) is 3.14. The first-order valence-corrected chi connectivity index (χ1v) is 5.59. The summed E-state index contributed by atoms with van der Waals surface area (Å²) in [4.78, 5) is 8.24. The minimum absolute atomic E-state index is 0.172. The zero-order chi connectivity index (χ0) is 12.5. The van der Waals surface area contributed by atoms with Gasteiger partial charge in [-0.15, -0.1) is 0 Å². The molecule has 0 radical (unpaired) electrons. The van der Waals surface area contributed by atoms with Crippen LogP contribution in [0.2, 0.25) is 0 Å². The number of aromatic nitrogens is 2. The summed E-state index contributed by atoms with van der Waals surface area (Å²) in [6.45, 7) is 6.48. The normalized spacial score (nSPS) is 10.0. The van der Waals surface area contributed by atoms with Crippen LogP contribution in [-0.4, -0.2) is 34.9 Å². The van der Waals surface area contributed by atoms with Crippen LogP contribution < -0.4 is 9.47 Å². The number of aryl methyl sites for hydroxylation is 1. The molecule has 0 aliphatic heterocycles. The van der Waals surface area contributed by atoms with Crippen LogP contribution in [0.1, 0.15) is 18.5 Å². The van der Waals surface area contributed by atoms with Crippen molar-refractivity contribution in [2.45, 2.75) is 19.8 Å². The third-order valence-corrected chi connectivity index (χ3v) is 1.94. The molecule has 0 bridgehead atoms. The van der Waals surface area contributed by atoms with E-state index in [4.69, 9.17) is 14.6 Å². The fourth-order valence-electron chi connectivity index (χ4n) is 1.17.